The third-order valence-corrected chi connectivity index (χ3v) is 3.77. The summed E-state index contributed by atoms with van der Waals surface area (Å²) in [5, 5.41) is 5.77. The van der Waals surface area contributed by atoms with Crippen molar-refractivity contribution in [1.29, 1.82) is 0 Å². The van der Waals surface area contributed by atoms with Gasteiger partial charge in [-0.05, 0) is 18.4 Å². The van der Waals surface area contributed by atoms with Crippen molar-refractivity contribution in [2.45, 2.75) is 51.1 Å². The number of hydrogen-bond donors (Lipinski definition) is 2. The molecule has 0 spiro atoms. The summed E-state index contributed by atoms with van der Waals surface area (Å²) in [7, 11) is 0. The van der Waals surface area contributed by atoms with Crippen LogP contribution in [0, 0.1) is 0 Å². The average Bonchev–Trinajstić information content (AvgIpc) is 2.97. The summed E-state index contributed by atoms with van der Waals surface area (Å²) in [6, 6.07) is 8.85. The van der Waals surface area contributed by atoms with Crippen LogP contribution < -0.4 is 10.6 Å². The molecule has 4 nitrogen and oxygen atoms in total. The molecule has 1 fully saturated rings. The van der Waals surface area contributed by atoms with Crippen LogP contribution in [0.1, 0.15) is 50.6 Å². The van der Waals surface area contributed by atoms with Crippen LogP contribution in [0.25, 0.3) is 0 Å². The number of hydrogen-bond acceptors (Lipinski definition) is 2. The van der Waals surface area contributed by atoms with E-state index >= 15 is 0 Å². The van der Waals surface area contributed by atoms with Crippen LogP contribution in [0.2, 0.25) is 0 Å². The Kier molecular flexibility index (Phi) is 5.16. The summed E-state index contributed by atoms with van der Waals surface area (Å²) in [6.07, 6.45) is 4.81. The Morgan fingerprint density at radius 2 is 1.85 bits per heavy atom. The largest absolute Gasteiger partial charge is 0.335 e. The fourth-order valence-corrected chi connectivity index (χ4v) is 2.63. The van der Waals surface area contributed by atoms with Crippen LogP contribution >= 0.6 is 0 Å². The minimum Gasteiger partial charge on any atom is -0.335 e. The lowest BCUT2D eigenvalue weighted by Crippen LogP contribution is -2.44. The molecule has 0 aromatic heterocycles. The fourth-order valence-electron chi connectivity index (χ4n) is 2.63. The molecule has 1 saturated carbocycles. The summed E-state index contributed by atoms with van der Waals surface area (Å²) in [5.74, 6) is 0.0257. The first-order valence-electron chi connectivity index (χ1n) is 7.35. The average molecular weight is 274 g/mol. The molecule has 0 saturated heterocycles. The number of Topliss-reactive ketones (excluding diaryl/α,β-unsaturated/α-hetero) is 1. The van der Waals surface area contributed by atoms with Crippen molar-refractivity contribution in [3.05, 3.63) is 35.9 Å². The van der Waals surface area contributed by atoms with Gasteiger partial charge in [0.25, 0.3) is 0 Å². The van der Waals surface area contributed by atoms with Crippen molar-refractivity contribution in [3.63, 3.8) is 0 Å². The van der Waals surface area contributed by atoms with Gasteiger partial charge in [-0.25, -0.2) is 4.79 Å². The van der Waals surface area contributed by atoms with Gasteiger partial charge >= 0.3 is 6.03 Å². The van der Waals surface area contributed by atoms with E-state index in [0.717, 1.165) is 18.4 Å². The summed E-state index contributed by atoms with van der Waals surface area (Å²) >= 11 is 0. The lowest BCUT2D eigenvalue weighted by molar-refractivity contribution is -0.120. The van der Waals surface area contributed by atoms with E-state index < -0.39 is 6.04 Å². The van der Waals surface area contributed by atoms with E-state index in [-0.39, 0.29) is 17.9 Å². The Morgan fingerprint density at radius 3 is 2.45 bits per heavy atom. The molecule has 2 N–H and O–H groups in total. The topological polar surface area (TPSA) is 58.2 Å². The Balaban J connectivity index is 2.00. The van der Waals surface area contributed by atoms with Gasteiger partial charge < -0.3 is 10.6 Å². The van der Waals surface area contributed by atoms with Crippen molar-refractivity contribution in [1.82, 2.24) is 10.6 Å². The number of rotatable bonds is 5. The predicted molar refractivity (Wildman–Crippen MR) is 78.4 cm³/mol. The normalized spacial score (nSPS) is 16.6. The minimum atomic E-state index is -0.553. The molecule has 1 aliphatic carbocycles. The second kappa shape index (κ2) is 7.08. The number of amides is 2. The van der Waals surface area contributed by atoms with Gasteiger partial charge in [-0.15, -0.1) is 0 Å². The Hall–Kier alpha value is -1.84. The second-order valence-electron chi connectivity index (χ2n) is 5.26. The molecular formula is C16H22N2O2. The van der Waals surface area contributed by atoms with Crippen LogP contribution in [0.4, 0.5) is 4.79 Å². The van der Waals surface area contributed by atoms with Crippen molar-refractivity contribution in [2.24, 2.45) is 0 Å². The smallest absolute Gasteiger partial charge is 0.315 e. The lowest BCUT2D eigenvalue weighted by Gasteiger charge is -2.20. The van der Waals surface area contributed by atoms with E-state index in [1.165, 1.54) is 12.8 Å². The minimum absolute atomic E-state index is 0.0257. The molecule has 1 aromatic rings. The zero-order valence-corrected chi connectivity index (χ0v) is 11.9. The van der Waals surface area contributed by atoms with Crippen LogP contribution in [0.15, 0.2) is 30.3 Å². The molecular weight excluding hydrogens is 252 g/mol. The van der Waals surface area contributed by atoms with Gasteiger partial charge in [-0.2, -0.15) is 0 Å². The second-order valence-corrected chi connectivity index (χ2v) is 5.26. The Labute approximate surface area is 119 Å². The molecule has 1 aromatic carbocycles. The Morgan fingerprint density at radius 1 is 1.20 bits per heavy atom. The monoisotopic (exact) mass is 274 g/mol. The lowest BCUT2D eigenvalue weighted by atomic mass is 10.0. The highest BCUT2D eigenvalue weighted by Crippen LogP contribution is 2.18. The van der Waals surface area contributed by atoms with Crippen molar-refractivity contribution in [3.8, 4) is 0 Å². The molecule has 1 atom stereocenters. The van der Waals surface area contributed by atoms with Crippen LogP contribution in [-0.2, 0) is 4.79 Å². The highest BCUT2D eigenvalue weighted by atomic mass is 16.2. The van der Waals surface area contributed by atoms with E-state index in [1.54, 1.807) is 0 Å². The highest BCUT2D eigenvalue weighted by molar-refractivity contribution is 5.89. The molecule has 2 amide bonds. The molecule has 4 heteroatoms. The van der Waals surface area contributed by atoms with Gasteiger partial charge in [0.2, 0.25) is 0 Å². The van der Waals surface area contributed by atoms with Gasteiger partial charge in [0.05, 0.1) is 0 Å². The molecule has 0 radical (unpaired) electrons. The number of ketones is 1. The highest BCUT2D eigenvalue weighted by Gasteiger charge is 2.23. The van der Waals surface area contributed by atoms with Gasteiger partial charge in [-0.3, -0.25) is 4.79 Å². The van der Waals surface area contributed by atoms with E-state index in [9.17, 15) is 9.59 Å². The number of urea groups is 1. The molecule has 108 valence electrons. The zero-order chi connectivity index (χ0) is 14.4. The summed E-state index contributed by atoms with van der Waals surface area (Å²) in [6.45, 7) is 1.81. The van der Waals surface area contributed by atoms with E-state index in [0.29, 0.717) is 6.42 Å². The quantitative estimate of drug-likeness (QED) is 0.867. The van der Waals surface area contributed by atoms with Gasteiger partial charge in [0.15, 0.2) is 5.78 Å². The van der Waals surface area contributed by atoms with Gasteiger partial charge in [0.1, 0.15) is 6.04 Å². The van der Waals surface area contributed by atoms with Crippen LogP contribution in [-0.4, -0.2) is 17.9 Å². The van der Waals surface area contributed by atoms with Gasteiger partial charge in [0, 0.05) is 12.5 Å². The summed E-state index contributed by atoms with van der Waals surface area (Å²) in [5.41, 5.74) is 0.834. The maximum absolute atomic E-state index is 12.0. The fraction of sp³-hybridized carbons (Fsp3) is 0.500. The molecule has 1 unspecified atom stereocenters. The molecule has 0 heterocycles. The van der Waals surface area contributed by atoms with E-state index in [4.69, 9.17) is 0 Å². The van der Waals surface area contributed by atoms with Crippen molar-refractivity contribution >= 4 is 11.8 Å². The first kappa shape index (κ1) is 14.6. The first-order chi connectivity index (χ1) is 9.70. The zero-order valence-electron chi connectivity index (χ0n) is 11.9. The third kappa shape index (κ3) is 3.83. The molecule has 2 rings (SSSR count). The molecule has 0 aliphatic heterocycles. The standard InChI is InChI=1S/C16H22N2O2/c1-2-14(19)15(12-8-4-3-5-9-12)18-16(20)17-13-10-6-7-11-13/h3-5,8-9,13,15H,2,6-7,10-11H2,1H3,(H2,17,18,20). The number of benzene rings is 1. The Bertz CT molecular complexity index is 453. The summed E-state index contributed by atoms with van der Waals surface area (Å²) in [4.78, 5) is 24.1. The maximum atomic E-state index is 12.0. The maximum Gasteiger partial charge on any atom is 0.315 e. The first-order valence-corrected chi connectivity index (χ1v) is 7.35. The van der Waals surface area contributed by atoms with Crippen LogP contribution in [0.3, 0.4) is 0 Å². The number of nitrogens with one attached hydrogen (secondary N) is 2. The molecule has 1 aliphatic rings. The number of carbonyl (C=O) groups is 2. The SMILES string of the molecule is CCC(=O)C(NC(=O)NC1CCCC1)c1ccccc1. The van der Waals surface area contributed by atoms with E-state index in [2.05, 4.69) is 10.6 Å². The van der Waals surface area contributed by atoms with Gasteiger partial charge in [-0.1, -0.05) is 50.1 Å². The predicted octanol–water partition coefficient (Wildman–Crippen LogP) is 2.95. The molecule has 20 heavy (non-hydrogen) atoms. The van der Waals surface area contributed by atoms with Crippen molar-refractivity contribution in [2.75, 3.05) is 0 Å². The summed E-state index contributed by atoms with van der Waals surface area (Å²) < 4.78 is 0. The third-order valence-electron chi connectivity index (χ3n) is 3.77. The molecule has 0 bridgehead atoms. The number of carbonyl (C=O) groups excluding carboxylic acids is 2. The van der Waals surface area contributed by atoms with E-state index in [1.807, 2.05) is 37.3 Å². The van der Waals surface area contributed by atoms with Crippen LogP contribution in [0.5, 0.6) is 0 Å². The van der Waals surface area contributed by atoms with Crippen molar-refractivity contribution < 1.29 is 9.59 Å².